The van der Waals surface area contributed by atoms with Gasteiger partial charge < -0.3 is 4.74 Å². The van der Waals surface area contributed by atoms with Crippen LogP contribution in [0.3, 0.4) is 0 Å². The van der Waals surface area contributed by atoms with Crippen molar-refractivity contribution in [2.24, 2.45) is 0 Å². The van der Waals surface area contributed by atoms with E-state index in [1.165, 1.54) is 0 Å². The molecule has 4 aromatic rings. The molecule has 0 saturated carbocycles. The molecule has 0 atom stereocenters. The number of rotatable bonds is 7. The molecule has 0 unspecified atom stereocenters. The van der Waals surface area contributed by atoms with Crippen molar-refractivity contribution < 1.29 is 14.3 Å². The molecule has 4 heteroatoms. The highest BCUT2D eigenvalue weighted by Crippen LogP contribution is 2.29. The molecule has 4 aromatic carbocycles. The summed E-state index contributed by atoms with van der Waals surface area (Å²) in [4.78, 5) is 27.5. The first-order valence-electron chi connectivity index (χ1n) is 9.80. The van der Waals surface area contributed by atoms with Gasteiger partial charge in [-0.25, -0.2) is 0 Å². The van der Waals surface area contributed by atoms with E-state index in [1.54, 1.807) is 55.3 Å². The topological polar surface area (TPSA) is 43.4 Å². The summed E-state index contributed by atoms with van der Waals surface area (Å²) in [6, 6.07) is 31.3. The number of carbonyl (C=O) groups is 2. The molecule has 0 fully saturated rings. The van der Waals surface area contributed by atoms with Gasteiger partial charge in [0.25, 0.3) is 0 Å². The first-order valence-corrected chi connectivity index (χ1v) is 10.6. The van der Waals surface area contributed by atoms with Crippen LogP contribution in [0.25, 0.3) is 0 Å². The number of hydrogen-bond acceptors (Lipinski definition) is 4. The first-order chi connectivity index (χ1) is 15.1. The van der Waals surface area contributed by atoms with E-state index in [-0.39, 0.29) is 11.6 Å². The van der Waals surface area contributed by atoms with Gasteiger partial charge in [0.1, 0.15) is 5.75 Å². The van der Waals surface area contributed by atoms with Gasteiger partial charge in [-0.1, -0.05) is 66.4 Å². The van der Waals surface area contributed by atoms with Gasteiger partial charge in [0.05, 0.1) is 7.11 Å². The van der Waals surface area contributed by atoms with E-state index >= 15 is 0 Å². The number of methoxy groups -OCH3 is 1. The summed E-state index contributed by atoms with van der Waals surface area (Å²) in [5, 5.41) is 0. The molecule has 3 nitrogen and oxygen atoms in total. The Morgan fingerprint density at radius 2 is 0.935 bits per heavy atom. The van der Waals surface area contributed by atoms with E-state index in [2.05, 4.69) is 0 Å². The zero-order valence-electron chi connectivity index (χ0n) is 16.9. The Balaban J connectivity index is 1.44. The molecule has 0 radical (unpaired) electrons. The van der Waals surface area contributed by atoms with Crippen molar-refractivity contribution in [3.05, 3.63) is 125 Å². The third-order valence-corrected chi connectivity index (χ3v) is 5.87. The lowest BCUT2D eigenvalue weighted by molar-refractivity contribution is 0.102. The van der Waals surface area contributed by atoms with Crippen molar-refractivity contribution in [3.8, 4) is 5.75 Å². The number of benzene rings is 4. The van der Waals surface area contributed by atoms with Gasteiger partial charge in [0, 0.05) is 32.0 Å². The molecule has 152 valence electrons. The molecular weight excluding hydrogens is 404 g/mol. The lowest BCUT2D eigenvalue weighted by atomic mass is 9.99. The quantitative estimate of drug-likeness (QED) is 0.326. The second-order valence-electron chi connectivity index (χ2n) is 6.90. The third-order valence-electron chi connectivity index (χ3n) is 4.86. The fraction of sp³-hybridized carbons (Fsp3) is 0.0370. The lowest BCUT2D eigenvalue weighted by Gasteiger charge is -2.06. The van der Waals surface area contributed by atoms with Crippen LogP contribution in [0.4, 0.5) is 0 Å². The molecule has 0 N–H and O–H groups in total. The molecule has 31 heavy (non-hydrogen) atoms. The minimum absolute atomic E-state index is 0.0560. The summed E-state index contributed by atoms with van der Waals surface area (Å²) in [7, 11) is 1.65. The fourth-order valence-electron chi connectivity index (χ4n) is 3.15. The van der Waals surface area contributed by atoms with Crippen molar-refractivity contribution in [1.29, 1.82) is 0 Å². The van der Waals surface area contributed by atoms with Gasteiger partial charge in [0.15, 0.2) is 11.6 Å². The van der Waals surface area contributed by atoms with Crippen LogP contribution < -0.4 is 4.74 Å². The average molecular weight is 425 g/mol. The van der Waals surface area contributed by atoms with Crippen LogP contribution in [0.15, 0.2) is 113 Å². The third kappa shape index (κ3) is 4.93. The Hall–Kier alpha value is -3.63. The molecule has 0 aromatic heterocycles. The lowest BCUT2D eigenvalue weighted by Crippen LogP contribution is -2.04. The normalized spacial score (nSPS) is 10.5. The monoisotopic (exact) mass is 424 g/mol. The summed E-state index contributed by atoms with van der Waals surface area (Å²) in [5.74, 6) is 0.695. The Morgan fingerprint density at radius 3 is 1.39 bits per heavy atom. The highest BCUT2D eigenvalue weighted by Gasteiger charge is 2.12. The van der Waals surface area contributed by atoms with Crippen molar-refractivity contribution in [2.75, 3.05) is 7.11 Å². The van der Waals surface area contributed by atoms with Crippen LogP contribution in [0.1, 0.15) is 31.8 Å². The molecule has 0 aliphatic carbocycles. The molecule has 0 amide bonds. The maximum atomic E-state index is 12.8. The molecule has 0 heterocycles. The van der Waals surface area contributed by atoms with Crippen LogP contribution >= 0.6 is 11.8 Å². The zero-order valence-corrected chi connectivity index (χ0v) is 17.8. The SMILES string of the molecule is COc1ccc(Sc2ccc(C(=O)c3ccc(C(=O)c4ccccc4)cc3)cc2)cc1. The number of carbonyl (C=O) groups excluding carboxylic acids is 2. The van der Waals surface area contributed by atoms with Crippen LogP contribution in [-0.2, 0) is 0 Å². The van der Waals surface area contributed by atoms with E-state index in [4.69, 9.17) is 4.74 Å². The van der Waals surface area contributed by atoms with Crippen molar-refractivity contribution >= 4 is 23.3 Å². The second-order valence-corrected chi connectivity index (χ2v) is 8.05. The van der Waals surface area contributed by atoms with Crippen molar-refractivity contribution in [2.45, 2.75) is 9.79 Å². The van der Waals surface area contributed by atoms with Gasteiger partial charge >= 0.3 is 0 Å². The van der Waals surface area contributed by atoms with Crippen LogP contribution in [0.2, 0.25) is 0 Å². The second kappa shape index (κ2) is 9.45. The van der Waals surface area contributed by atoms with E-state index in [0.29, 0.717) is 22.3 Å². The smallest absolute Gasteiger partial charge is 0.193 e. The van der Waals surface area contributed by atoms with Gasteiger partial charge in [-0.2, -0.15) is 0 Å². The largest absolute Gasteiger partial charge is 0.497 e. The average Bonchev–Trinajstić information content (AvgIpc) is 2.85. The number of hydrogen-bond donors (Lipinski definition) is 0. The Morgan fingerprint density at radius 1 is 0.548 bits per heavy atom. The van der Waals surface area contributed by atoms with Gasteiger partial charge in [-0.15, -0.1) is 0 Å². The first kappa shape index (κ1) is 20.6. The van der Waals surface area contributed by atoms with Gasteiger partial charge in [-0.3, -0.25) is 9.59 Å². The zero-order chi connectivity index (χ0) is 21.6. The summed E-state index contributed by atoms with van der Waals surface area (Å²) in [5.41, 5.74) is 2.36. The highest BCUT2D eigenvalue weighted by molar-refractivity contribution is 7.99. The van der Waals surface area contributed by atoms with E-state index in [9.17, 15) is 9.59 Å². The molecule has 0 saturated heterocycles. The van der Waals surface area contributed by atoms with E-state index in [0.717, 1.165) is 15.5 Å². The van der Waals surface area contributed by atoms with Crippen molar-refractivity contribution in [3.63, 3.8) is 0 Å². The Labute approximate surface area is 185 Å². The minimum Gasteiger partial charge on any atom is -0.497 e. The van der Waals surface area contributed by atoms with Gasteiger partial charge in [-0.05, 0) is 48.5 Å². The maximum absolute atomic E-state index is 12.8. The minimum atomic E-state index is -0.0697. The fourth-order valence-corrected chi connectivity index (χ4v) is 3.97. The molecule has 0 bridgehead atoms. The standard InChI is InChI=1S/C27H20O3S/c1-30-23-13-17-25(18-14-23)31-24-15-11-22(12-16-24)27(29)21-9-7-20(8-10-21)26(28)19-5-3-2-4-6-19/h2-18H,1H3. The summed E-state index contributed by atoms with van der Waals surface area (Å²) in [6.45, 7) is 0. The van der Waals surface area contributed by atoms with Crippen LogP contribution in [0, 0.1) is 0 Å². The van der Waals surface area contributed by atoms with E-state index < -0.39 is 0 Å². The van der Waals surface area contributed by atoms with E-state index in [1.807, 2.05) is 66.7 Å². The summed E-state index contributed by atoms with van der Waals surface area (Å²) in [6.07, 6.45) is 0. The predicted molar refractivity (Wildman–Crippen MR) is 123 cm³/mol. The predicted octanol–water partition coefficient (Wildman–Crippen LogP) is 6.31. The number of ketones is 2. The number of ether oxygens (including phenoxy) is 1. The summed E-state index contributed by atoms with van der Waals surface area (Å²) >= 11 is 1.62. The van der Waals surface area contributed by atoms with Crippen molar-refractivity contribution in [1.82, 2.24) is 0 Å². The van der Waals surface area contributed by atoms with Gasteiger partial charge in [0.2, 0.25) is 0 Å². The summed E-state index contributed by atoms with van der Waals surface area (Å²) < 4.78 is 5.18. The van der Waals surface area contributed by atoms with Crippen LogP contribution in [0.5, 0.6) is 5.75 Å². The molecule has 0 aliphatic rings. The Bertz CT molecular complexity index is 1180. The molecule has 4 rings (SSSR count). The Kier molecular flexibility index (Phi) is 6.29. The highest BCUT2D eigenvalue weighted by atomic mass is 32.2. The molecule has 0 aliphatic heterocycles. The van der Waals surface area contributed by atoms with Crippen LogP contribution in [-0.4, -0.2) is 18.7 Å². The molecular formula is C27H20O3S. The molecule has 0 spiro atoms. The maximum Gasteiger partial charge on any atom is 0.193 e.